The number of rotatable bonds is 2. The molecule has 3 nitrogen and oxygen atoms in total. The summed E-state index contributed by atoms with van der Waals surface area (Å²) in [4.78, 5) is 0. The van der Waals surface area contributed by atoms with Gasteiger partial charge in [0.25, 0.3) is 10.1 Å². The molecule has 0 saturated carbocycles. The van der Waals surface area contributed by atoms with Gasteiger partial charge in [0.05, 0.1) is 5.75 Å². The summed E-state index contributed by atoms with van der Waals surface area (Å²) in [6.45, 7) is -0.560. The van der Waals surface area contributed by atoms with Crippen LogP contribution in [0.3, 0.4) is 0 Å². The van der Waals surface area contributed by atoms with Crippen LogP contribution in [0.5, 0.6) is 0 Å². The molecule has 1 N–H and O–H groups in total. The molecule has 0 atom stereocenters. The van der Waals surface area contributed by atoms with Crippen LogP contribution >= 0.6 is 0 Å². The molecule has 12 heavy (non-hydrogen) atoms. The van der Waals surface area contributed by atoms with Gasteiger partial charge in [-0.3, -0.25) is 4.55 Å². The molecular formula is C4H9F3MgO3S. The second kappa shape index (κ2) is 9.30. The predicted octanol–water partition coefficient (Wildman–Crippen LogP) is 1.08. The van der Waals surface area contributed by atoms with Crippen molar-refractivity contribution >= 4 is 33.2 Å². The minimum Gasteiger partial charge on any atom is -1.00 e. The average Bonchev–Trinajstić information content (AvgIpc) is 1.58. The molecule has 0 aliphatic carbocycles. The number of hydrogen-bond acceptors (Lipinski definition) is 2. The van der Waals surface area contributed by atoms with Crippen molar-refractivity contribution in [2.45, 2.75) is 6.68 Å². The Balaban J connectivity index is -0.0000000347. The second-order valence-electron chi connectivity index (χ2n) is 1.28. The molecule has 0 rings (SSSR count). The van der Waals surface area contributed by atoms with E-state index in [9.17, 15) is 21.6 Å². The maximum atomic E-state index is 9.72. The van der Waals surface area contributed by atoms with E-state index >= 15 is 0 Å². The molecule has 0 saturated heterocycles. The van der Waals surface area contributed by atoms with E-state index in [2.05, 4.69) is 6.58 Å². The van der Waals surface area contributed by atoms with Crippen molar-refractivity contribution < 1.29 is 29.0 Å². The van der Waals surface area contributed by atoms with E-state index < -0.39 is 16.8 Å². The van der Waals surface area contributed by atoms with Gasteiger partial charge in [0.2, 0.25) is 0 Å². The van der Waals surface area contributed by atoms with Crippen LogP contribution in [0.2, 0.25) is 0 Å². The second-order valence-corrected chi connectivity index (χ2v) is 2.78. The van der Waals surface area contributed by atoms with E-state index in [1.165, 1.54) is 0 Å². The topological polar surface area (TPSA) is 54.4 Å². The summed E-state index contributed by atoms with van der Waals surface area (Å²) < 4.78 is 56.3. The van der Waals surface area contributed by atoms with Gasteiger partial charge in [-0.25, -0.2) is 0 Å². The standard InChI is InChI=1S/C3H6O3S.CHF3.Mg.2H/c1-2-3-7(4,5)6;2-1(3)4;;;/h2H,1,3H2,(H,4,5,6);1H;;;/q;;+2;2*-1. The fraction of sp³-hybridized carbons (Fsp3) is 0.500. The van der Waals surface area contributed by atoms with Crippen LogP contribution in [-0.4, -0.2) is 48.5 Å². The Hall–Kier alpha value is 0.206. The number of hydrogen-bond donors (Lipinski definition) is 1. The van der Waals surface area contributed by atoms with E-state index in [1.807, 2.05) is 0 Å². The van der Waals surface area contributed by atoms with Gasteiger partial charge in [-0.2, -0.15) is 21.6 Å². The van der Waals surface area contributed by atoms with Crippen LogP contribution in [0, 0.1) is 0 Å². The van der Waals surface area contributed by atoms with Gasteiger partial charge in [-0.1, -0.05) is 6.08 Å². The molecule has 0 aliphatic rings. The fourth-order valence-corrected chi connectivity index (χ4v) is 0.447. The molecule has 0 unspecified atom stereocenters. The van der Waals surface area contributed by atoms with Crippen molar-refractivity contribution in [3.05, 3.63) is 12.7 Å². The summed E-state index contributed by atoms with van der Waals surface area (Å²) in [5, 5.41) is 0. The van der Waals surface area contributed by atoms with Crippen LogP contribution in [-0.2, 0) is 10.1 Å². The van der Waals surface area contributed by atoms with Gasteiger partial charge >= 0.3 is 29.7 Å². The van der Waals surface area contributed by atoms with E-state index in [-0.39, 0.29) is 31.7 Å². The van der Waals surface area contributed by atoms with Gasteiger partial charge in [-0.15, -0.1) is 6.58 Å². The molecule has 0 aromatic rings. The maximum Gasteiger partial charge on any atom is 2.00 e. The zero-order chi connectivity index (χ0) is 9.49. The van der Waals surface area contributed by atoms with Crippen LogP contribution in [0.15, 0.2) is 12.7 Å². The molecule has 0 spiro atoms. The van der Waals surface area contributed by atoms with Crippen LogP contribution < -0.4 is 0 Å². The predicted molar refractivity (Wildman–Crippen MR) is 41.7 cm³/mol. The van der Waals surface area contributed by atoms with E-state index in [1.54, 1.807) is 0 Å². The fourth-order valence-electron chi connectivity index (χ4n) is 0.149. The molecule has 0 aliphatic heterocycles. The van der Waals surface area contributed by atoms with Gasteiger partial charge in [0, 0.05) is 0 Å². The molecule has 0 aromatic carbocycles. The summed E-state index contributed by atoms with van der Waals surface area (Å²) in [7, 11) is -3.79. The Morgan fingerprint density at radius 2 is 1.75 bits per heavy atom. The molecule has 0 fully saturated rings. The van der Waals surface area contributed by atoms with Crippen molar-refractivity contribution in [1.82, 2.24) is 0 Å². The average molecular weight is 218 g/mol. The molecular weight excluding hydrogens is 209 g/mol. The zero-order valence-electron chi connectivity index (χ0n) is 8.08. The van der Waals surface area contributed by atoms with E-state index in [0.29, 0.717) is 0 Å². The van der Waals surface area contributed by atoms with Crippen molar-refractivity contribution in [3.63, 3.8) is 0 Å². The largest absolute Gasteiger partial charge is 2.00 e. The Kier molecular flexibility index (Phi) is 14.0. The summed E-state index contributed by atoms with van der Waals surface area (Å²) in [5.41, 5.74) is 0. The van der Waals surface area contributed by atoms with Crippen molar-refractivity contribution in [1.29, 1.82) is 0 Å². The van der Waals surface area contributed by atoms with E-state index in [4.69, 9.17) is 4.55 Å². The minimum atomic E-state index is -3.79. The van der Waals surface area contributed by atoms with E-state index in [0.717, 1.165) is 6.08 Å². The van der Waals surface area contributed by atoms with Crippen molar-refractivity contribution in [2.75, 3.05) is 5.75 Å². The summed E-state index contributed by atoms with van der Waals surface area (Å²) in [6.07, 6.45) is 1.12. The van der Waals surface area contributed by atoms with Crippen LogP contribution in [0.1, 0.15) is 2.85 Å². The molecule has 0 bridgehead atoms. The Morgan fingerprint density at radius 3 is 1.75 bits per heavy atom. The first-order valence-corrected chi connectivity index (χ1v) is 3.88. The number of alkyl halides is 3. The molecule has 0 heterocycles. The minimum absolute atomic E-state index is 0. The smallest absolute Gasteiger partial charge is 1.00 e. The first-order valence-electron chi connectivity index (χ1n) is 2.28. The van der Waals surface area contributed by atoms with Gasteiger partial charge < -0.3 is 2.85 Å². The quantitative estimate of drug-likeness (QED) is 0.429. The summed E-state index contributed by atoms with van der Waals surface area (Å²) in [6, 6.07) is 0. The third-order valence-corrected chi connectivity index (χ3v) is 0.985. The molecule has 0 aromatic heterocycles. The SMILES string of the molecule is C=CCS(=O)(=O)O.FC(F)F.[H-].[H-].[Mg+2]. The zero-order valence-corrected chi connectivity index (χ0v) is 8.31. The van der Waals surface area contributed by atoms with Gasteiger partial charge in [-0.05, 0) is 0 Å². The third-order valence-electron chi connectivity index (χ3n) is 0.328. The third kappa shape index (κ3) is 48.9. The van der Waals surface area contributed by atoms with Crippen molar-refractivity contribution in [3.8, 4) is 0 Å². The first kappa shape index (κ1) is 18.1. The van der Waals surface area contributed by atoms with Crippen LogP contribution in [0.25, 0.3) is 0 Å². The monoisotopic (exact) mass is 218 g/mol. The van der Waals surface area contributed by atoms with Gasteiger partial charge in [0.1, 0.15) is 0 Å². The maximum absolute atomic E-state index is 9.72. The molecule has 72 valence electrons. The first-order chi connectivity index (χ1) is 4.79. The van der Waals surface area contributed by atoms with Crippen LogP contribution in [0.4, 0.5) is 13.2 Å². The Morgan fingerprint density at radius 1 is 1.50 bits per heavy atom. The molecule has 8 heteroatoms. The summed E-state index contributed by atoms with van der Waals surface area (Å²) >= 11 is 0. The summed E-state index contributed by atoms with van der Waals surface area (Å²) in [5.74, 6) is -0.368. The Labute approximate surface area is 87.5 Å². The number of halogens is 3. The normalized spacial score (nSPS) is 9.42. The Bertz CT molecular complexity index is 197. The molecule has 0 radical (unpaired) electrons. The van der Waals surface area contributed by atoms with Gasteiger partial charge in [0.15, 0.2) is 0 Å². The van der Waals surface area contributed by atoms with Crippen molar-refractivity contribution in [2.24, 2.45) is 0 Å². The molecule has 0 amide bonds.